The average molecular weight is 489 g/mol. The van der Waals surface area contributed by atoms with Crippen molar-refractivity contribution in [2.75, 3.05) is 18.2 Å². The molecule has 2 aliphatic carbocycles. The molecular formula is C22H24N4O3S3. The smallest absolute Gasteiger partial charge is 0.341 e. The highest BCUT2D eigenvalue weighted by molar-refractivity contribution is 7.99. The number of hydrogen-bond donors (Lipinski definition) is 1. The van der Waals surface area contributed by atoms with Gasteiger partial charge in [-0.1, -0.05) is 11.8 Å². The lowest BCUT2D eigenvalue weighted by atomic mass is 9.96. The van der Waals surface area contributed by atoms with E-state index < -0.39 is 0 Å². The molecule has 0 spiro atoms. The van der Waals surface area contributed by atoms with Crippen LogP contribution in [0, 0.1) is 0 Å². The number of hydrogen-bond acceptors (Lipinski definition) is 8. The monoisotopic (exact) mass is 488 g/mol. The van der Waals surface area contributed by atoms with Gasteiger partial charge in [0, 0.05) is 27.7 Å². The summed E-state index contributed by atoms with van der Waals surface area (Å²) >= 11 is 4.65. The molecule has 0 unspecified atom stereocenters. The second kappa shape index (κ2) is 8.99. The molecule has 3 aromatic rings. The molecule has 0 radical (unpaired) electrons. The van der Waals surface area contributed by atoms with Gasteiger partial charge in [-0.05, 0) is 56.1 Å². The first kappa shape index (κ1) is 21.7. The predicted molar refractivity (Wildman–Crippen MR) is 128 cm³/mol. The summed E-state index contributed by atoms with van der Waals surface area (Å²) in [6, 6.07) is 0. The number of nitrogens with zero attached hydrogens (tertiary/aromatic N) is 3. The second-order valence-corrected chi connectivity index (χ2v) is 11.0. The number of anilines is 1. The number of aromatic nitrogens is 3. The first-order chi connectivity index (χ1) is 15.6. The van der Waals surface area contributed by atoms with Crippen molar-refractivity contribution in [2.45, 2.75) is 50.1 Å². The summed E-state index contributed by atoms with van der Waals surface area (Å²) in [7, 11) is 3.32. The third-order valence-electron chi connectivity index (χ3n) is 6.03. The van der Waals surface area contributed by atoms with Crippen LogP contribution in [-0.2, 0) is 42.3 Å². The van der Waals surface area contributed by atoms with Crippen LogP contribution in [0.2, 0.25) is 0 Å². The number of fused-ring (bicyclic) bond motifs is 2. The van der Waals surface area contributed by atoms with Crippen LogP contribution < -0.4 is 5.32 Å². The number of methoxy groups -OCH3 is 1. The number of esters is 1. The van der Waals surface area contributed by atoms with Crippen LogP contribution in [0.1, 0.15) is 50.5 Å². The van der Waals surface area contributed by atoms with Gasteiger partial charge < -0.3 is 14.6 Å². The molecular weight excluding hydrogens is 464 g/mol. The summed E-state index contributed by atoms with van der Waals surface area (Å²) in [4.78, 5) is 27.6. The quantitative estimate of drug-likeness (QED) is 0.406. The van der Waals surface area contributed by atoms with E-state index in [1.54, 1.807) is 0 Å². The summed E-state index contributed by atoms with van der Waals surface area (Å²) in [5.41, 5.74) is 4.13. The molecule has 10 heteroatoms. The third-order valence-corrected chi connectivity index (χ3v) is 9.35. The number of carbonyl (C=O) groups excluding carboxylic acids is 2. The Morgan fingerprint density at radius 1 is 1.12 bits per heavy atom. The molecule has 0 saturated carbocycles. The second-order valence-electron chi connectivity index (χ2n) is 8.01. The van der Waals surface area contributed by atoms with Gasteiger partial charge in [0.15, 0.2) is 11.0 Å². The molecule has 3 heterocycles. The van der Waals surface area contributed by atoms with Gasteiger partial charge >= 0.3 is 5.97 Å². The van der Waals surface area contributed by atoms with Crippen molar-refractivity contribution in [3.8, 4) is 11.4 Å². The lowest BCUT2D eigenvalue weighted by Gasteiger charge is -2.12. The first-order valence-electron chi connectivity index (χ1n) is 10.7. The summed E-state index contributed by atoms with van der Waals surface area (Å²) in [6.45, 7) is 0. The fraction of sp³-hybridized carbons (Fsp3) is 0.455. The van der Waals surface area contributed by atoms with E-state index in [1.165, 1.54) is 63.9 Å². The van der Waals surface area contributed by atoms with E-state index >= 15 is 0 Å². The molecule has 0 bridgehead atoms. The first-order valence-corrected chi connectivity index (χ1v) is 13.4. The number of ether oxygens (including phenoxy) is 1. The Hall–Kier alpha value is -2.17. The number of thiophene rings is 2. The van der Waals surface area contributed by atoms with E-state index in [0.717, 1.165) is 43.5 Å². The Morgan fingerprint density at radius 3 is 2.75 bits per heavy atom. The number of thioether (sulfide) groups is 1. The van der Waals surface area contributed by atoms with Crippen LogP contribution in [-0.4, -0.2) is 39.5 Å². The summed E-state index contributed by atoms with van der Waals surface area (Å²) in [5, 5.41) is 15.1. The Bertz CT molecular complexity index is 1190. The van der Waals surface area contributed by atoms with Crippen molar-refractivity contribution >= 4 is 51.3 Å². The molecule has 168 valence electrons. The van der Waals surface area contributed by atoms with Gasteiger partial charge in [-0.15, -0.1) is 32.9 Å². The van der Waals surface area contributed by atoms with Crippen molar-refractivity contribution < 1.29 is 14.3 Å². The Morgan fingerprint density at radius 2 is 1.91 bits per heavy atom. The molecule has 5 rings (SSSR count). The van der Waals surface area contributed by atoms with E-state index in [2.05, 4.69) is 20.9 Å². The van der Waals surface area contributed by atoms with Crippen LogP contribution in [0.4, 0.5) is 5.00 Å². The number of amides is 1. The summed E-state index contributed by atoms with van der Waals surface area (Å²) in [6.07, 6.45) is 7.57. The van der Waals surface area contributed by atoms with Gasteiger partial charge in [-0.3, -0.25) is 4.79 Å². The van der Waals surface area contributed by atoms with Gasteiger partial charge in [-0.25, -0.2) is 4.79 Å². The number of nitrogens with one attached hydrogen (secondary N) is 1. The molecule has 0 saturated heterocycles. The zero-order valence-corrected chi connectivity index (χ0v) is 20.5. The van der Waals surface area contributed by atoms with Crippen molar-refractivity contribution in [1.82, 2.24) is 14.8 Å². The molecule has 0 aromatic carbocycles. The zero-order valence-electron chi connectivity index (χ0n) is 18.0. The maximum Gasteiger partial charge on any atom is 0.341 e. The zero-order chi connectivity index (χ0) is 22.2. The van der Waals surface area contributed by atoms with E-state index in [1.807, 2.05) is 23.0 Å². The van der Waals surface area contributed by atoms with E-state index in [0.29, 0.717) is 15.7 Å². The van der Waals surface area contributed by atoms with Gasteiger partial charge in [0.05, 0.1) is 18.4 Å². The molecule has 3 aromatic heterocycles. The van der Waals surface area contributed by atoms with Crippen molar-refractivity contribution in [1.29, 1.82) is 0 Å². The SMILES string of the molecule is COC(=O)c1c(NC(=O)CSc2nnc(-c3csc4c3CCCC4)n2C)sc2c1CCC2. The fourth-order valence-corrected chi connectivity index (χ4v) is 7.59. The highest BCUT2D eigenvalue weighted by atomic mass is 32.2. The van der Waals surface area contributed by atoms with E-state index in [-0.39, 0.29) is 17.6 Å². The summed E-state index contributed by atoms with van der Waals surface area (Å²) < 4.78 is 6.92. The largest absolute Gasteiger partial charge is 0.465 e. The number of aryl methyl sites for hydroxylation is 2. The fourth-order valence-electron chi connectivity index (χ4n) is 4.46. The minimum atomic E-state index is -0.385. The molecule has 0 aliphatic heterocycles. The Labute approximate surface area is 198 Å². The number of rotatable bonds is 6. The normalized spacial score (nSPS) is 14.8. The predicted octanol–water partition coefficient (Wildman–Crippen LogP) is 4.49. The van der Waals surface area contributed by atoms with Crippen molar-refractivity contribution in [3.63, 3.8) is 0 Å². The molecule has 7 nitrogen and oxygen atoms in total. The maximum absolute atomic E-state index is 12.7. The molecule has 32 heavy (non-hydrogen) atoms. The lowest BCUT2D eigenvalue weighted by Crippen LogP contribution is -2.16. The Balaban J connectivity index is 1.28. The van der Waals surface area contributed by atoms with Crippen LogP contribution in [0.3, 0.4) is 0 Å². The average Bonchev–Trinajstić information content (AvgIpc) is 3.55. The van der Waals surface area contributed by atoms with E-state index in [9.17, 15) is 9.59 Å². The molecule has 1 amide bonds. The summed E-state index contributed by atoms with van der Waals surface area (Å²) in [5.74, 6) is 0.494. The van der Waals surface area contributed by atoms with Crippen LogP contribution in [0.5, 0.6) is 0 Å². The van der Waals surface area contributed by atoms with E-state index in [4.69, 9.17) is 4.74 Å². The van der Waals surface area contributed by atoms with Crippen LogP contribution in [0.25, 0.3) is 11.4 Å². The molecule has 0 fully saturated rings. The highest BCUT2D eigenvalue weighted by Crippen LogP contribution is 2.40. The van der Waals surface area contributed by atoms with Crippen molar-refractivity contribution in [3.05, 3.63) is 31.8 Å². The van der Waals surface area contributed by atoms with Crippen LogP contribution in [0.15, 0.2) is 10.5 Å². The lowest BCUT2D eigenvalue weighted by molar-refractivity contribution is -0.113. The minimum absolute atomic E-state index is 0.169. The number of carbonyl (C=O) groups is 2. The van der Waals surface area contributed by atoms with Gasteiger partial charge in [0.1, 0.15) is 5.00 Å². The van der Waals surface area contributed by atoms with Crippen LogP contribution >= 0.6 is 34.4 Å². The molecule has 0 atom stereocenters. The van der Waals surface area contributed by atoms with Gasteiger partial charge in [0.25, 0.3) is 0 Å². The molecule has 1 N–H and O–H groups in total. The third kappa shape index (κ3) is 3.88. The standard InChI is InChI=1S/C22H24N4O3S3/c1-26-19(14-10-30-15-8-4-3-6-12(14)15)24-25-22(26)31-11-17(27)23-20-18(21(28)29-2)13-7-5-9-16(13)32-20/h10H,3-9,11H2,1-2H3,(H,23,27). The minimum Gasteiger partial charge on any atom is -0.465 e. The molecule has 2 aliphatic rings. The topological polar surface area (TPSA) is 86.1 Å². The van der Waals surface area contributed by atoms with Gasteiger partial charge in [0.2, 0.25) is 5.91 Å². The van der Waals surface area contributed by atoms with Gasteiger partial charge in [-0.2, -0.15) is 0 Å². The highest BCUT2D eigenvalue weighted by Gasteiger charge is 2.28. The maximum atomic E-state index is 12.7. The van der Waals surface area contributed by atoms with Crippen molar-refractivity contribution in [2.24, 2.45) is 7.05 Å². The Kier molecular flexibility index (Phi) is 6.09.